The minimum absolute atomic E-state index is 0.503. The Balaban J connectivity index is 2.07. The molecule has 0 N–H and O–H groups in total. The second-order valence-electron chi connectivity index (χ2n) is 3.70. The van der Waals surface area contributed by atoms with Crippen LogP contribution in [0.2, 0.25) is 0 Å². The Bertz CT molecular complexity index is 181. The molecule has 60 valence electrons. The Kier molecular flexibility index (Phi) is 1.80. The Morgan fingerprint density at radius 2 is 1.73 bits per heavy atom. The fourth-order valence-corrected chi connectivity index (χ4v) is 2.09. The van der Waals surface area contributed by atoms with Gasteiger partial charge in [-0.05, 0) is 32.1 Å². The van der Waals surface area contributed by atoms with Crippen molar-refractivity contribution in [3.05, 3.63) is 12.2 Å². The summed E-state index contributed by atoms with van der Waals surface area (Å²) < 4.78 is 0. The van der Waals surface area contributed by atoms with Gasteiger partial charge in [-0.2, -0.15) is 0 Å². The molecule has 1 nitrogen and oxygen atoms in total. The molecule has 0 aromatic heterocycles. The molecular formula is C10H15N. The van der Waals surface area contributed by atoms with Crippen molar-refractivity contribution in [3.63, 3.8) is 0 Å². The van der Waals surface area contributed by atoms with Crippen LogP contribution < -0.4 is 0 Å². The summed E-state index contributed by atoms with van der Waals surface area (Å²) in [5, 5.41) is 0. The Morgan fingerprint density at radius 1 is 1.00 bits per heavy atom. The van der Waals surface area contributed by atoms with Gasteiger partial charge in [0.2, 0.25) is 0 Å². The lowest BCUT2D eigenvalue weighted by atomic mass is 9.80. The van der Waals surface area contributed by atoms with E-state index in [1.54, 1.807) is 0 Å². The van der Waals surface area contributed by atoms with Crippen molar-refractivity contribution in [1.82, 2.24) is 0 Å². The fourth-order valence-electron chi connectivity index (χ4n) is 2.09. The summed E-state index contributed by atoms with van der Waals surface area (Å²) in [7, 11) is 0. The first-order valence-corrected chi connectivity index (χ1v) is 4.57. The summed E-state index contributed by atoms with van der Waals surface area (Å²) in [5.74, 6) is 0. The molecule has 0 unspecified atom stereocenters. The predicted octanol–water partition coefficient (Wildman–Crippen LogP) is 2.58. The highest BCUT2D eigenvalue weighted by Gasteiger charge is 2.29. The maximum absolute atomic E-state index is 4.35. The predicted molar refractivity (Wildman–Crippen MR) is 48.0 cm³/mol. The number of hydrogen-bond donors (Lipinski definition) is 0. The van der Waals surface area contributed by atoms with Crippen LogP contribution in [0.5, 0.6) is 0 Å². The summed E-state index contributed by atoms with van der Waals surface area (Å²) >= 11 is 0. The quantitative estimate of drug-likeness (QED) is 0.469. The van der Waals surface area contributed by atoms with E-state index in [4.69, 9.17) is 0 Å². The zero-order chi connectivity index (χ0) is 7.57. The molecule has 0 aromatic rings. The van der Waals surface area contributed by atoms with Crippen molar-refractivity contribution >= 4 is 6.21 Å². The van der Waals surface area contributed by atoms with Crippen LogP contribution in [0.4, 0.5) is 0 Å². The van der Waals surface area contributed by atoms with Crippen LogP contribution in [-0.4, -0.2) is 12.8 Å². The van der Waals surface area contributed by atoms with Gasteiger partial charge in [-0.1, -0.05) is 12.2 Å². The van der Waals surface area contributed by atoms with Gasteiger partial charge in [0.25, 0.3) is 0 Å². The molecule has 1 heteroatoms. The number of hydrogen-bond acceptors (Lipinski definition) is 1. The second kappa shape index (κ2) is 2.80. The molecule has 2 rings (SSSR count). The Hall–Kier alpha value is -0.590. The number of nitrogens with zero attached hydrogens (tertiary/aromatic N) is 1. The van der Waals surface area contributed by atoms with Crippen LogP contribution in [0.15, 0.2) is 17.1 Å². The molecule has 0 saturated heterocycles. The molecule has 0 saturated carbocycles. The lowest BCUT2D eigenvalue weighted by molar-refractivity contribution is 0.374. The molecule has 2 aliphatic rings. The molecule has 0 fully saturated rings. The van der Waals surface area contributed by atoms with E-state index in [2.05, 4.69) is 23.4 Å². The van der Waals surface area contributed by atoms with E-state index in [9.17, 15) is 0 Å². The summed E-state index contributed by atoms with van der Waals surface area (Å²) in [6, 6.07) is 0. The third-order valence-corrected chi connectivity index (χ3v) is 2.89. The fraction of sp³-hybridized carbons (Fsp3) is 0.700. The summed E-state index contributed by atoms with van der Waals surface area (Å²) in [6.45, 7) is 1.07. The van der Waals surface area contributed by atoms with Crippen LogP contribution in [0.1, 0.15) is 32.1 Å². The van der Waals surface area contributed by atoms with Gasteiger partial charge >= 0.3 is 0 Å². The van der Waals surface area contributed by atoms with E-state index in [-0.39, 0.29) is 0 Å². The van der Waals surface area contributed by atoms with Crippen molar-refractivity contribution in [1.29, 1.82) is 0 Å². The average molecular weight is 149 g/mol. The van der Waals surface area contributed by atoms with Gasteiger partial charge in [-0.25, -0.2) is 0 Å². The lowest BCUT2D eigenvalue weighted by Gasteiger charge is -2.23. The van der Waals surface area contributed by atoms with Crippen LogP contribution in [-0.2, 0) is 0 Å². The number of allylic oxidation sites excluding steroid dienone is 2. The molecule has 0 atom stereocenters. The first-order chi connectivity index (χ1) is 5.41. The van der Waals surface area contributed by atoms with Crippen LogP contribution in [0.25, 0.3) is 0 Å². The first kappa shape index (κ1) is 7.08. The molecule has 0 radical (unpaired) electrons. The minimum Gasteiger partial charge on any atom is -0.297 e. The van der Waals surface area contributed by atoms with E-state index in [1.807, 2.05) is 0 Å². The van der Waals surface area contributed by atoms with E-state index in [0.717, 1.165) is 6.54 Å². The molecule has 1 aliphatic carbocycles. The minimum atomic E-state index is 0.503. The van der Waals surface area contributed by atoms with Gasteiger partial charge in [0.1, 0.15) is 0 Å². The highest BCUT2D eigenvalue weighted by molar-refractivity contribution is 5.68. The van der Waals surface area contributed by atoms with E-state index < -0.39 is 0 Å². The smallest absolute Gasteiger partial charge is 0.0394 e. The van der Waals surface area contributed by atoms with E-state index in [0.29, 0.717) is 5.41 Å². The van der Waals surface area contributed by atoms with Gasteiger partial charge in [-0.15, -0.1) is 0 Å². The van der Waals surface area contributed by atoms with E-state index >= 15 is 0 Å². The standard InChI is InChI=1S/C10H15N/c1-2-4-6-10(5-3-1)7-8-11-9-10/h1-2,9H,3-8H2. The lowest BCUT2D eigenvalue weighted by Crippen LogP contribution is -2.18. The van der Waals surface area contributed by atoms with Gasteiger partial charge in [0.15, 0.2) is 0 Å². The second-order valence-corrected chi connectivity index (χ2v) is 3.70. The highest BCUT2D eigenvalue weighted by Crippen LogP contribution is 2.36. The maximum Gasteiger partial charge on any atom is 0.0394 e. The summed E-state index contributed by atoms with van der Waals surface area (Å²) in [5.41, 5.74) is 0.503. The van der Waals surface area contributed by atoms with E-state index in [1.165, 1.54) is 32.1 Å². The van der Waals surface area contributed by atoms with Crippen molar-refractivity contribution < 1.29 is 0 Å². The largest absolute Gasteiger partial charge is 0.297 e. The first-order valence-electron chi connectivity index (χ1n) is 4.57. The van der Waals surface area contributed by atoms with Gasteiger partial charge in [0.05, 0.1) is 0 Å². The molecule has 0 aromatic carbocycles. The number of rotatable bonds is 0. The molecule has 1 spiro atoms. The SMILES string of the molecule is C1=CCCC2(C=NCC2)CC1. The third kappa shape index (κ3) is 1.37. The van der Waals surface area contributed by atoms with Gasteiger partial charge in [-0.3, -0.25) is 4.99 Å². The van der Waals surface area contributed by atoms with Gasteiger partial charge in [0, 0.05) is 18.2 Å². The zero-order valence-electron chi connectivity index (χ0n) is 6.92. The summed E-state index contributed by atoms with van der Waals surface area (Å²) in [4.78, 5) is 4.35. The molecule has 1 heterocycles. The topological polar surface area (TPSA) is 12.4 Å². The summed E-state index contributed by atoms with van der Waals surface area (Å²) in [6.07, 6.45) is 13.3. The monoisotopic (exact) mass is 149 g/mol. The van der Waals surface area contributed by atoms with Crippen LogP contribution >= 0.6 is 0 Å². The molecule has 11 heavy (non-hydrogen) atoms. The van der Waals surface area contributed by atoms with Gasteiger partial charge < -0.3 is 0 Å². The van der Waals surface area contributed by atoms with Crippen LogP contribution in [0.3, 0.4) is 0 Å². The average Bonchev–Trinajstić information content (AvgIpc) is 2.32. The molecule has 0 bridgehead atoms. The zero-order valence-corrected chi connectivity index (χ0v) is 6.92. The maximum atomic E-state index is 4.35. The Labute approximate surface area is 68.2 Å². The van der Waals surface area contributed by atoms with Crippen molar-refractivity contribution in [3.8, 4) is 0 Å². The number of aliphatic imine (C=N–C) groups is 1. The van der Waals surface area contributed by atoms with Crippen molar-refractivity contribution in [2.24, 2.45) is 10.4 Å². The Morgan fingerprint density at radius 3 is 2.27 bits per heavy atom. The molecular weight excluding hydrogens is 134 g/mol. The van der Waals surface area contributed by atoms with Crippen LogP contribution in [0, 0.1) is 5.41 Å². The van der Waals surface area contributed by atoms with Crippen molar-refractivity contribution in [2.75, 3.05) is 6.54 Å². The molecule has 1 aliphatic heterocycles. The normalized spacial score (nSPS) is 27.6. The molecule has 0 amide bonds. The van der Waals surface area contributed by atoms with Crippen molar-refractivity contribution in [2.45, 2.75) is 32.1 Å². The third-order valence-electron chi connectivity index (χ3n) is 2.89. The highest BCUT2D eigenvalue weighted by atomic mass is 14.8.